The Kier molecular flexibility index (Phi) is 6.94. The summed E-state index contributed by atoms with van der Waals surface area (Å²) < 4.78 is 18.7. The van der Waals surface area contributed by atoms with Gasteiger partial charge in [-0.15, -0.1) is 0 Å². The van der Waals surface area contributed by atoms with Gasteiger partial charge in [-0.25, -0.2) is 0 Å². The van der Waals surface area contributed by atoms with Crippen LogP contribution in [0.5, 0.6) is 0 Å². The molecule has 0 bridgehead atoms. The Labute approximate surface area is 257 Å². The predicted molar refractivity (Wildman–Crippen MR) is 167 cm³/mol. The van der Waals surface area contributed by atoms with Gasteiger partial charge >= 0.3 is 7.12 Å². The average Bonchev–Trinajstić information content (AvgIpc) is 3.63. The van der Waals surface area contributed by atoms with Crippen molar-refractivity contribution in [3.8, 4) is 0 Å². The van der Waals surface area contributed by atoms with Crippen molar-refractivity contribution in [2.45, 2.75) is 134 Å². The minimum atomic E-state index is -0.592. The van der Waals surface area contributed by atoms with Gasteiger partial charge in [0.05, 0.1) is 22.7 Å². The number of rotatable bonds is 4. The van der Waals surface area contributed by atoms with Crippen molar-refractivity contribution in [1.82, 2.24) is 9.80 Å². The van der Waals surface area contributed by atoms with Gasteiger partial charge in [-0.1, -0.05) is 26.0 Å². The zero-order valence-corrected chi connectivity index (χ0v) is 27.3. The number of hydrogen-bond acceptors (Lipinski definition) is 6. The molecule has 0 N–H and O–H groups in total. The van der Waals surface area contributed by atoms with Crippen LogP contribution >= 0.6 is 0 Å². The van der Waals surface area contributed by atoms with Gasteiger partial charge in [0.1, 0.15) is 6.10 Å². The Morgan fingerprint density at radius 3 is 2.16 bits per heavy atom. The molecule has 4 saturated heterocycles. The normalized spacial score (nSPS) is 34.2. The molecule has 0 radical (unpaired) electrons. The van der Waals surface area contributed by atoms with Crippen LogP contribution in [-0.2, 0) is 29.0 Å². The van der Waals surface area contributed by atoms with Crippen molar-refractivity contribution >= 4 is 30.1 Å². The summed E-state index contributed by atoms with van der Waals surface area (Å²) in [5.74, 6) is 0.310. The van der Waals surface area contributed by atoms with E-state index in [1.807, 2.05) is 11.8 Å². The van der Waals surface area contributed by atoms with Gasteiger partial charge in [-0.2, -0.15) is 0 Å². The van der Waals surface area contributed by atoms with Gasteiger partial charge in [0.2, 0.25) is 5.91 Å². The lowest BCUT2D eigenvalue weighted by Gasteiger charge is -2.46. The zero-order valence-electron chi connectivity index (χ0n) is 27.3. The Morgan fingerprint density at radius 2 is 1.58 bits per heavy atom. The Bertz CT molecular complexity index is 1280. The van der Waals surface area contributed by atoms with Crippen molar-refractivity contribution in [1.29, 1.82) is 0 Å². The Hall–Kier alpha value is -1.94. The van der Waals surface area contributed by atoms with Crippen LogP contribution in [0.2, 0.25) is 0 Å². The third-order valence-corrected chi connectivity index (χ3v) is 12.1. The number of benzene rings is 1. The first-order chi connectivity index (χ1) is 20.2. The topological polar surface area (TPSA) is 71.6 Å². The summed E-state index contributed by atoms with van der Waals surface area (Å²) in [7, 11) is -0.474. The van der Waals surface area contributed by atoms with E-state index in [9.17, 15) is 9.59 Å². The molecule has 5 heterocycles. The molecule has 1 aromatic carbocycles. The van der Waals surface area contributed by atoms with Crippen LogP contribution in [0.4, 0.5) is 5.69 Å². The number of fused-ring (bicyclic) bond motifs is 2. The van der Waals surface area contributed by atoms with E-state index in [0.29, 0.717) is 37.4 Å². The number of anilines is 1. The predicted octanol–water partition coefficient (Wildman–Crippen LogP) is 4.02. The quantitative estimate of drug-likeness (QED) is 0.493. The van der Waals surface area contributed by atoms with Gasteiger partial charge in [-0.05, 0) is 109 Å². The molecule has 1 aliphatic carbocycles. The molecule has 0 unspecified atom stereocenters. The van der Waals surface area contributed by atoms with Crippen LogP contribution in [0.25, 0.3) is 0 Å². The molecule has 7 rings (SSSR count). The van der Waals surface area contributed by atoms with E-state index in [4.69, 9.17) is 14.0 Å². The van der Waals surface area contributed by atoms with Crippen molar-refractivity contribution in [3.05, 3.63) is 23.8 Å². The van der Waals surface area contributed by atoms with Crippen molar-refractivity contribution in [3.63, 3.8) is 0 Å². The average molecular weight is 592 g/mol. The van der Waals surface area contributed by atoms with Crippen LogP contribution in [-0.4, -0.2) is 90.4 Å². The first-order valence-corrected chi connectivity index (χ1v) is 16.7. The van der Waals surface area contributed by atoms with Crippen molar-refractivity contribution in [2.24, 2.45) is 5.41 Å². The summed E-state index contributed by atoms with van der Waals surface area (Å²) >= 11 is 0. The minimum absolute atomic E-state index is 0.0909. The Balaban J connectivity index is 1.15. The molecule has 6 aliphatic rings. The molecule has 2 atom stereocenters. The fraction of sp³-hybridized carbons (Fsp3) is 0.765. The number of carbonyl (C=O) groups is 2. The lowest BCUT2D eigenvalue weighted by atomic mass is 9.71. The third-order valence-electron chi connectivity index (χ3n) is 12.1. The van der Waals surface area contributed by atoms with Crippen molar-refractivity contribution in [2.75, 3.05) is 31.1 Å². The van der Waals surface area contributed by atoms with Crippen LogP contribution in [0.1, 0.15) is 99.0 Å². The number of amides is 2. The summed E-state index contributed by atoms with van der Waals surface area (Å²) in [5, 5.41) is 0. The van der Waals surface area contributed by atoms with E-state index in [2.05, 4.69) is 69.5 Å². The van der Waals surface area contributed by atoms with E-state index < -0.39 is 23.7 Å². The lowest BCUT2D eigenvalue weighted by molar-refractivity contribution is -0.145. The number of ether oxygens (including phenoxy) is 1. The number of piperidine rings is 1. The van der Waals surface area contributed by atoms with E-state index in [1.54, 1.807) is 0 Å². The molecule has 5 fully saturated rings. The molecule has 234 valence electrons. The third kappa shape index (κ3) is 4.79. The maximum atomic E-state index is 14.6. The lowest BCUT2D eigenvalue weighted by Crippen LogP contribution is -2.58. The summed E-state index contributed by atoms with van der Waals surface area (Å²) in [6, 6.07) is 7.16. The molecular formula is C34H50BN3O5. The second-order valence-electron chi connectivity index (χ2n) is 16.1. The summed E-state index contributed by atoms with van der Waals surface area (Å²) in [5.41, 5.74) is 2.01. The maximum absolute atomic E-state index is 14.6. The zero-order chi connectivity index (χ0) is 30.5. The molecule has 1 saturated carbocycles. The molecule has 1 spiro atoms. The molecule has 2 amide bonds. The highest BCUT2D eigenvalue weighted by molar-refractivity contribution is 6.62. The van der Waals surface area contributed by atoms with E-state index in [-0.39, 0.29) is 30.1 Å². The van der Waals surface area contributed by atoms with E-state index >= 15 is 0 Å². The second kappa shape index (κ2) is 10.0. The largest absolute Gasteiger partial charge is 0.494 e. The fourth-order valence-electron chi connectivity index (χ4n) is 8.41. The standard InChI is InChI=1S/C34H50BN3O5/c1-22-8-11-28(41-22)29(39)36-16-13-34(14-17-36)26-10-9-23(35-42-32(4,5)33(6,7)43-35)18-27(26)38(30(34)40)25-19-24(20-25)37-15-12-31(2,3)21-37/h9-10,18,22,24-25,28H,8,11-17,19-21H2,1-7H3/t22-,24-,25+,28-/m1/s1. The van der Waals surface area contributed by atoms with E-state index in [1.165, 1.54) is 6.42 Å². The van der Waals surface area contributed by atoms with Crippen LogP contribution in [0.15, 0.2) is 18.2 Å². The summed E-state index contributed by atoms with van der Waals surface area (Å²) in [4.78, 5) is 34.6. The first kappa shape index (κ1) is 29.8. The van der Waals surface area contributed by atoms with Crippen LogP contribution < -0.4 is 10.4 Å². The number of hydrogen-bond donors (Lipinski definition) is 0. The maximum Gasteiger partial charge on any atom is 0.494 e. The monoisotopic (exact) mass is 591 g/mol. The van der Waals surface area contributed by atoms with Crippen molar-refractivity contribution < 1.29 is 23.6 Å². The molecular weight excluding hydrogens is 541 g/mol. The van der Waals surface area contributed by atoms with Gasteiger partial charge < -0.3 is 23.8 Å². The summed E-state index contributed by atoms with van der Waals surface area (Å²) in [6.07, 6.45) is 6.08. The Morgan fingerprint density at radius 1 is 0.907 bits per heavy atom. The number of likely N-dealkylation sites (tertiary alicyclic amines) is 2. The molecule has 43 heavy (non-hydrogen) atoms. The van der Waals surface area contributed by atoms with Crippen LogP contribution in [0, 0.1) is 5.41 Å². The first-order valence-electron chi connectivity index (χ1n) is 16.7. The number of nitrogens with zero attached hydrogens (tertiary/aromatic N) is 3. The minimum Gasteiger partial charge on any atom is -0.399 e. The summed E-state index contributed by atoms with van der Waals surface area (Å²) in [6.45, 7) is 18.5. The highest BCUT2D eigenvalue weighted by atomic mass is 16.7. The highest BCUT2D eigenvalue weighted by Gasteiger charge is 2.57. The molecule has 1 aromatic rings. The molecule has 9 heteroatoms. The fourth-order valence-corrected chi connectivity index (χ4v) is 8.41. The molecule has 5 aliphatic heterocycles. The van der Waals surface area contributed by atoms with Gasteiger partial charge in [0, 0.05) is 37.4 Å². The smallest absolute Gasteiger partial charge is 0.399 e. The molecule has 8 nitrogen and oxygen atoms in total. The van der Waals surface area contributed by atoms with Gasteiger partial charge in [0.15, 0.2) is 0 Å². The highest BCUT2D eigenvalue weighted by Crippen LogP contribution is 2.51. The van der Waals surface area contributed by atoms with Gasteiger partial charge in [-0.3, -0.25) is 14.5 Å². The van der Waals surface area contributed by atoms with Gasteiger partial charge in [0.25, 0.3) is 5.91 Å². The number of carbonyl (C=O) groups excluding carboxylic acids is 2. The SMILES string of the molecule is C[C@@H]1CC[C@H](C(=O)N2CCC3(CC2)C(=O)N([C@H]2C[C@@H](N4CCC(C)(C)C4)C2)c2cc(B4OC(C)(C)C(C)(C)O4)ccc23)O1. The second-order valence-corrected chi connectivity index (χ2v) is 16.1. The molecule has 0 aromatic heterocycles. The van der Waals surface area contributed by atoms with E-state index in [0.717, 1.165) is 55.5 Å². The van der Waals surface area contributed by atoms with Crippen LogP contribution in [0.3, 0.4) is 0 Å².